The van der Waals surface area contributed by atoms with Gasteiger partial charge < -0.3 is 5.11 Å². The van der Waals surface area contributed by atoms with Crippen molar-refractivity contribution in [3.8, 4) is 0 Å². The number of carbonyl (C=O) groups excluding carboxylic acids is 1. The Morgan fingerprint density at radius 1 is 1.75 bits per heavy atom. The second kappa shape index (κ2) is 1.88. The first-order valence-corrected chi connectivity index (χ1v) is 2.23. The van der Waals surface area contributed by atoms with Gasteiger partial charge in [0, 0.05) is 6.21 Å². The molecule has 0 aromatic heterocycles. The fourth-order valence-corrected chi connectivity index (χ4v) is 0.430. The normalized spacial score (nSPS) is 26.6. The summed E-state index contributed by atoms with van der Waals surface area (Å²) in [5.74, 6) is -0.493. The van der Waals surface area contributed by atoms with Crippen LogP contribution in [0.1, 0.15) is 0 Å². The van der Waals surface area contributed by atoms with Crippen LogP contribution in [0.5, 0.6) is 0 Å². The van der Waals surface area contributed by atoms with Crippen LogP contribution in [0.4, 0.5) is 0 Å². The number of dihydropyridines is 1. The zero-order valence-corrected chi connectivity index (χ0v) is 4.11. The molecule has 0 aliphatic carbocycles. The third kappa shape index (κ3) is 0.816. The fourth-order valence-electron chi connectivity index (χ4n) is 0.430. The Labute approximate surface area is 46.4 Å². The lowest BCUT2D eigenvalue weighted by atomic mass is 10.3. The lowest BCUT2D eigenvalue weighted by Gasteiger charge is -1.99. The minimum absolute atomic E-state index is 0.493. The highest BCUT2D eigenvalue weighted by atomic mass is 16.3. The molecule has 0 spiro atoms. The van der Waals surface area contributed by atoms with Gasteiger partial charge in [0.05, 0.1) is 0 Å². The second-order valence-electron chi connectivity index (χ2n) is 1.45. The van der Waals surface area contributed by atoms with Crippen LogP contribution in [0, 0.1) is 0 Å². The van der Waals surface area contributed by atoms with Gasteiger partial charge in [-0.15, -0.1) is 0 Å². The highest BCUT2D eigenvalue weighted by Crippen LogP contribution is 1.93. The highest BCUT2D eigenvalue weighted by molar-refractivity contribution is 5.95. The van der Waals surface area contributed by atoms with Gasteiger partial charge in [0.25, 0.3) is 5.91 Å². The number of aliphatic imine (C=N–C) groups is 1. The molecule has 3 heteroatoms. The van der Waals surface area contributed by atoms with Crippen molar-refractivity contribution in [2.24, 2.45) is 4.99 Å². The summed E-state index contributed by atoms with van der Waals surface area (Å²) in [5.41, 5.74) is 0. The lowest BCUT2D eigenvalue weighted by molar-refractivity contribution is -0.123. The van der Waals surface area contributed by atoms with Crippen LogP contribution in [-0.2, 0) is 4.79 Å². The van der Waals surface area contributed by atoms with Crippen molar-refractivity contribution in [2.75, 3.05) is 0 Å². The Hall–Kier alpha value is -0.960. The van der Waals surface area contributed by atoms with Gasteiger partial charge in [0.1, 0.15) is 0 Å². The number of rotatable bonds is 0. The summed E-state index contributed by atoms with van der Waals surface area (Å²) in [6.07, 6.45) is 3.26. The molecule has 1 amide bonds. The van der Waals surface area contributed by atoms with Gasteiger partial charge in [-0.05, 0) is 12.2 Å². The van der Waals surface area contributed by atoms with Crippen molar-refractivity contribution in [3.05, 3.63) is 12.2 Å². The van der Waals surface area contributed by atoms with Gasteiger partial charge in [-0.1, -0.05) is 0 Å². The van der Waals surface area contributed by atoms with Crippen molar-refractivity contribution in [3.63, 3.8) is 0 Å². The van der Waals surface area contributed by atoms with Crippen LogP contribution in [-0.4, -0.2) is 23.3 Å². The summed E-state index contributed by atoms with van der Waals surface area (Å²) in [4.78, 5) is 13.6. The summed E-state index contributed by atoms with van der Waals surface area (Å²) < 4.78 is 0. The summed E-state index contributed by atoms with van der Waals surface area (Å²) in [6.45, 7) is 0. The number of amides is 1. The number of nitrogens with zero attached hydrogens (tertiary/aromatic N) is 1. The molecule has 42 valence electrons. The SMILES string of the molecule is O=C1N=CC=CC1O. The molecular formula is C5H5NO2. The van der Waals surface area contributed by atoms with Crippen LogP contribution in [0.25, 0.3) is 0 Å². The second-order valence-corrected chi connectivity index (χ2v) is 1.45. The molecule has 1 atom stereocenters. The largest absolute Gasteiger partial charge is 0.379 e. The molecule has 1 aliphatic heterocycles. The Kier molecular flexibility index (Phi) is 1.22. The van der Waals surface area contributed by atoms with E-state index < -0.39 is 12.0 Å². The molecule has 0 saturated carbocycles. The number of carbonyl (C=O) groups is 1. The van der Waals surface area contributed by atoms with E-state index in [-0.39, 0.29) is 0 Å². The van der Waals surface area contributed by atoms with Crippen molar-refractivity contribution in [1.29, 1.82) is 0 Å². The van der Waals surface area contributed by atoms with Gasteiger partial charge in [-0.25, -0.2) is 4.99 Å². The van der Waals surface area contributed by atoms with Gasteiger partial charge in [-0.2, -0.15) is 0 Å². The number of aliphatic hydroxyl groups is 1. The quantitative estimate of drug-likeness (QED) is 0.458. The summed E-state index contributed by atoms with van der Waals surface area (Å²) >= 11 is 0. The molecule has 8 heavy (non-hydrogen) atoms. The molecule has 0 saturated heterocycles. The maximum absolute atomic E-state index is 10.3. The highest BCUT2D eigenvalue weighted by Gasteiger charge is 2.10. The summed E-state index contributed by atoms with van der Waals surface area (Å²) in [7, 11) is 0. The predicted octanol–water partition coefficient (Wildman–Crippen LogP) is -0.485. The van der Waals surface area contributed by atoms with E-state index in [2.05, 4.69) is 4.99 Å². The molecule has 1 aliphatic rings. The minimum atomic E-state index is -1.01. The number of hydrogen-bond donors (Lipinski definition) is 1. The Morgan fingerprint density at radius 3 is 2.88 bits per heavy atom. The average molecular weight is 111 g/mol. The topological polar surface area (TPSA) is 49.7 Å². The minimum Gasteiger partial charge on any atom is -0.379 e. The van der Waals surface area contributed by atoms with E-state index in [0.717, 1.165) is 0 Å². The van der Waals surface area contributed by atoms with Gasteiger partial charge in [-0.3, -0.25) is 4.79 Å². The molecule has 0 fully saturated rings. The monoisotopic (exact) mass is 111 g/mol. The zero-order valence-electron chi connectivity index (χ0n) is 4.11. The maximum Gasteiger partial charge on any atom is 0.278 e. The number of hydrogen-bond acceptors (Lipinski definition) is 2. The fraction of sp³-hybridized carbons (Fsp3) is 0.200. The molecule has 1 rings (SSSR count). The van der Waals surface area contributed by atoms with E-state index in [4.69, 9.17) is 5.11 Å². The van der Waals surface area contributed by atoms with Crippen LogP contribution in [0.15, 0.2) is 17.1 Å². The first-order chi connectivity index (χ1) is 3.80. The number of allylic oxidation sites excluding steroid dienone is 1. The van der Waals surface area contributed by atoms with E-state index in [1.807, 2.05) is 0 Å². The van der Waals surface area contributed by atoms with E-state index in [9.17, 15) is 4.79 Å². The molecular weight excluding hydrogens is 106 g/mol. The first kappa shape index (κ1) is 5.18. The van der Waals surface area contributed by atoms with Crippen LogP contribution >= 0.6 is 0 Å². The molecule has 0 aromatic rings. The lowest BCUT2D eigenvalue weighted by Crippen LogP contribution is -2.17. The maximum atomic E-state index is 10.3. The standard InChI is InChI=1S/C5H5NO2/c7-4-2-1-3-6-5(4)8/h1-4,7H. The van der Waals surface area contributed by atoms with Gasteiger partial charge in [0.15, 0.2) is 6.10 Å². The smallest absolute Gasteiger partial charge is 0.278 e. The van der Waals surface area contributed by atoms with Crippen molar-refractivity contribution in [2.45, 2.75) is 6.10 Å². The third-order valence-electron chi connectivity index (χ3n) is 0.834. The first-order valence-electron chi connectivity index (χ1n) is 2.23. The summed E-state index contributed by atoms with van der Waals surface area (Å²) in [6, 6.07) is 0. The van der Waals surface area contributed by atoms with Crippen LogP contribution in [0.3, 0.4) is 0 Å². The van der Waals surface area contributed by atoms with Gasteiger partial charge in [0.2, 0.25) is 0 Å². The molecule has 1 unspecified atom stereocenters. The van der Waals surface area contributed by atoms with Crippen LogP contribution in [0.2, 0.25) is 0 Å². The molecule has 0 bridgehead atoms. The molecule has 1 heterocycles. The molecule has 0 radical (unpaired) electrons. The van der Waals surface area contributed by atoms with Crippen LogP contribution < -0.4 is 0 Å². The summed E-state index contributed by atoms with van der Waals surface area (Å²) in [5, 5.41) is 8.63. The van der Waals surface area contributed by atoms with E-state index in [1.165, 1.54) is 18.4 Å². The number of aliphatic hydroxyl groups excluding tert-OH is 1. The predicted molar refractivity (Wildman–Crippen MR) is 28.6 cm³/mol. The van der Waals surface area contributed by atoms with Crippen molar-refractivity contribution in [1.82, 2.24) is 0 Å². The third-order valence-corrected chi connectivity index (χ3v) is 0.834. The molecule has 0 aromatic carbocycles. The van der Waals surface area contributed by atoms with E-state index in [0.29, 0.717) is 0 Å². The Balaban J connectivity index is 2.74. The Morgan fingerprint density at radius 2 is 2.50 bits per heavy atom. The molecule has 1 N–H and O–H groups in total. The van der Waals surface area contributed by atoms with Crippen molar-refractivity contribution < 1.29 is 9.90 Å². The molecule has 3 nitrogen and oxygen atoms in total. The van der Waals surface area contributed by atoms with E-state index in [1.54, 1.807) is 0 Å². The zero-order chi connectivity index (χ0) is 5.98. The average Bonchev–Trinajstić information content (AvgIpc) is 1.77. The van der Waals surface area contributed by atoms with E-state index >= 15 is 0 Å². The Bertz CT molecular complexity index is 160. The van der Waals surface area contributed by atoms with Gasteiger partial charge >= 0.3 is 0 Å². The van der Waals surface area contributed by atoms with Crippen molar-refractivity contribution >= 4 is 12.1 Å².